The average Bonchev–Trinajstić information content (AvgIpc) is 3.06. The average molecular weight is 404 g/mol. The topological polar surface area (TPSA) is 32.3 Å². The van der Waals surface area contributed by atoms with Crippen LogP contribution >= 0.6 is 0 Å². The van der Waals surface area contributed by atoms with Gasteiger partial charge in [0.15, 0.2) is 0 Å². The van der Waals surface area contributed by atoms with Crippen molar-refractivity contribution >= 4 is 17.3 Å². The van der Waals surface area contributed by atoms with E-state index in [2.05, 4.69) is 31.3 Å². The Balaban J connectivity index is 1.71. The highest BCUT2D eigenvalue weighted by Crippen LogP contribution is 2.36. The Labute approximate surface area is 174 Å². The maximum atomic E-state index is 13.4. The second-order valence-electron chi connectivity index (χ2n) is 7.63. The van der Waals surface area contributed by atoms with Crippen molar-refractivity contribution in [3.05, 3.63) is 107 Å². The minimum atomic E-state index is -0.360. The Kier molecular flexibility index (Phi) is 5.36. The van der Waals surface area contributed by atoms with Gasteiger partial charge in [-0.15, -0.1) is 0 Å². The molecule has 0 fully saturated rings. The van der Waals surface area contributed by atoms with Gasteiger partial charge in [-0.2, -0.15) is 0 Å². The van der Waals surface area contributed by atoms with E-state index in [0.717, 1.165) is 5.56 Å². The van der Waals surface area contributed by atoms with Crippen molar-refractivity contribution in [2.75, 3.05) is 10.2 Å². The first-order valence-electron chi connectivity index (χ1n) is 9.86. The van der Waals surface area contributed by atoms with Crippen molar-refractivity contribution in [1.82, 2.24) is 0 Å². The molecule has 0 spiro atoms. The molecule has 4 rings (SSSR count). The zero-order valence-corrected chi connectivity index (χ0v) is 16.8. The summed E-state index contributed by atoms with van der Waals surface area (Å²) in [5.41, 5.74) is 3.78. The molecule has 0 bridgehead atoms. The third-order valence-corrected chi connectivity index (χ3v) is 5.22. The Morgan fingerprint density at radius 3 is 1.97 bits per heavy atom. The number of carbonyl (C=O) groups excluding carboxylic acids is 1. The van der Waals surface area contributed by atoms with Gasteiger partial charge in [-0.3, -0.25) is 9.69 Å². The lowest BCUT2D eigenvalue weighted by atomic mass is 9.99. The molecule has 0 saturated carbocycles. The van der Waals surface area contributed by atoms with Crippen LogP contribution in [-0.4, -0.2) is 5.91 Å². The van der Waals surface area contributed by atoms with Gasteiger partial charge in [0, 0.05) is 11.4 Å². The number of amides is 1. The Morgan fingerprint density at radius 2 is 1.40 bits per heavy atom. The smallest absolute Gasteiger partial charge is 0.275 e. The number of anilines is 2. The van der Waals surface area contributed by atoms with Crippen LogP contribution in [0.15, 0.2) is 84.6 Å². The number of carbonyl (C=O) groups is 1. The van der Waals surface area contributed by atoms with Gasteiger partial charge in [-0.1, -0.05) is 38.1 Å². The quantitative estimate of drug-likeness (QED) is 0.551. The van der Waals surface area contributed by atoms with E-state index in [9.17, 15) is 13.6 Å². The predicted octanol–water partition coefficient (Wildman–Crippen LogP) is 6.17. The first-order valence-corrected chi connectivity index (χ1v) is 9.86. The van der Waals surface area contributed by atoms with Gasteiger partial charge in [0.1, 0.15) is 17.3 Å². The number of nitrogens with one attached hydrogen (secondary N) is 1. The number of rotatable bonds is 5. The van der Waals surface area contributed by atoms with Gasteiger partial charge in [0.25, 0.3) is 5.91 Å². The van der Waals surface area contributed by atoms with Crippen LogP contribution in [0.5, 0.6) is 0 Å². The standard InChI is InChI=1S/C25H22F2N2O/c1-16(2)17-3-5-18(6-4-17)24-15-23(28-21-11-7-19(26)8-12-21)25(30)29(24)22-13-9-20(27)10-14-22/h3-16,24,28H,1-2H3/t24-/m1/s1. The molecule has 1 aliphatic heterocycles. The number of benzene rings is 3. The molecule has 1 amide bonds. The zero-order valence-electron chi connectivity index (χ0n) is 16.8. The van der Waals surface area contributed by atoms with Gasteiger partial charge in [-0.25, -0.2) is 8.78 Å². The molecule has 1 atom stereocenters. The number of nitrogens with zero attached hydrogens (tertiary/aromatic N) is 1. The Morgan fingerprint density at radius 1 is 0.833 bits per heavy atom. The van der Waals surface area contributed by atoms with E-state index >= 15 is 0 Å². The minimum Gasteiger partial charge on any atom is -0.351 e. The molecule has 3 aromatic carbocycles. The van der Waals surface area contributed by atoms with Gasteiger partial charge in [-0.05, 0) is 71.7 Å². The van der Waals surface area contributed by atoms with Gasteiger partial charge >= 0.3 is 0 Å². The fraction of sp³-hybridized carbons (Fsp3) is 0.160. The molecule has 1 heterocycles. The van der Waals surface area contributed by atoms with Crippen molar-refractivity contribution in [3.8, 4) is 0 Å². The molecular formula is C25H22F2N2O. The number of hydrogen-bond donors (Lipinski definition) is 1. The monoisotopic (exact) mass is 404 g/mol. The van der Waals surface area contributed by atoms with E-state index in [-0.39, 0.29) is 23.6 Å². The van der Waals surface area contributed by atoms with Crippen molar-refractivity contribution in [2.45, 2.75) is 25.8 Å². The summed E-state index contributed by atoms with van der Waals surface area (Å²) < 4.78 is 26.7. The molecule has 30 heavy (non-hydrogen) atoms. The lowest BCUT2D eigenvalue weighted by Crippen LogP contribution is -2.30. The van der Waals surface area contributed by atoms with Crippen molar-refractivity contribution in [3.63, 3.8) is 0 Å². The molecule has 0 saturated heterocycles. The molecule has 0 aliphatic carbocycles. The first kappa shape index (κ1) is 19.8. The van der Waals surface area contributed by atoms with E-state index < -0.39 is 0 Å². The largest absolute Gasteiger partial charge is 0.351 e. The molecule has 152 valence electrons. The van der Waals surface area contributed by atoms with Gasteiger partial charge in [0.2, 0.25) is 0 Å². The summed E-state index contributed by atoms with van der Waals surface area (Å²) in [6.45, 7) is 4.26. The number of halogens is 2. The summed E-state index contributed by atoms with van der Waals surface area (Å²) in [6.07, 6.45) is 1.85. The molecule has 1 aliphatic rings. The molecule has 5 heteroatoms. The molecule has 1 N–H and O–H groups in total. The molecule has 0 unspecified atom stereocenters. The van der Waals surface area contributed by atoms with Crippen LogP contribution < -0.4 is 10.2 Å². The second-order valence-corrected chi connectivity index (χ2v) is 7.63. The summed E-state index contributed by atoms with van der Waals surface area (Å²) in [5.74, 6) is -0.531. The Hall–Kier alpha value is -3.47. The van der Waals surface area contributed by atoms with E-state index in [4.69, 9.17) is 0 Å². The highest BCUT2D eigenvalue weighted by Gasteiger charge is 2.34. The summed E-state index contributed by atoms with van der Waals surface area (Å²) >= 11 is 0. The highest BCUT2D eigenvalue weighted by molar-refractivity contribution is 6.11. The summed E-state index contributed by atoms with van der Waals surface area (Å²) in [5, 5.41) is 3.09. The summed E-state index contributed by atoms with van der Waals surface area (Å²) in [6, 6.07) is 19.5. The number of hydrogen-bond acceptors (Lipinski definition) is 2. The van der Waals surface area contributed by atoms with Crippen LogP contribution in [0.3, 0.4) is 0 Å². The van der Waals surface area contributed by atoms with E-state index in [1.807, 2.05) is 18.2 Å². The van der Waals surface area contributed by atoms with Crippen LogP contribution in [-0.2, 0) is 4.79 Å². The van der Waals surface area contributed by atoms with Crippen LogP contribution in [0.1, 0.15) is 36.9 Å². The molecular weight excluding hydrogens is 382 g/mol. The van der Waals surface area contributed by atoms with Crippen molar-refractivity contribution in [2.24, 2.45) is 0 Å². The zero-order chi connectivity index (χ0) is 21.3. The van der Waals surface area contributed by atoms with E-state index in [1.165, 1.54) is 29.8 Å². The second kappa shape index (κ2) is 8.11. The maximum Gasteiger partial charge on any atom is 0.275 e. The maximum absolute atomic E-state index is 13.4. The highest BCUT2D eigenvalue weighted by atomic mass is 19.1. The van der Waals surface area contributed by atoms with Crippen LogP contribution in [0.4, 0.5) is 20.2 Å². The lowest BCUT2D eigenvalue weighted by Gasteiger charge is -2.25. The lowest BCUT2D eigenvalue weighted by molar-refractivity contribution is -0.114. The van der Waals surface area contributed by atoms with Gasteiger partial charge in [0.05, 0.1) is 6.04 Å². The molecule has 3 aromatic rings. The molecule has 0 radical (unpaired) electrons. The third kappa shape index (κ3) is 3.96. The van der Waals surface area contributed by atoms with Crippen molar-refractivity contribution < 1.29 is 13.6 Å². The molecule has 0 aromatic heterocycles. The fourth-order valence-corrected chi connectivity index (χ4v) is 3.55. The minimum absolute atomic E-state index is 0.233. The first-order chi connectivity index (χ1) is 14.4. The summed E-state index contributed by atoms with van der Waals surface area (Å²) in [4.78, 5) is 14.9. The van der Waals surface area contributed by atoms with Crippen LogP contribution in [0.2, 0.25) is 0 Å². The van der Waals surface area contributed by atoms with E-state index in [1.54, 1.807) is 29.2 Å². The van der Waals surface area contributed by atoms with Crippen LogP contribution in [0.25, 0.3) is 0 Å². The van der Waals surface area contributed by atoms with Crippen LogP contribution in [0, 0.1) is 11.6 Å². The molecule has 3 nitrogen and oxygen atoms in total. The van der Waals surface area contributed by atoms with Crippen molar-refractivity contribution in [1.29, 1.82) is 0 Å². The van der Waals surface area contributed by atoms with E-state index in [0.29, 0.717) is 23.0 Å². The Bertz CT molecular complexity index is 1070. The summed E-state index contributed by atoms with van der Waals surface area (Å²) in [7, 11) is 0. The van der Waals surface area contributed by atoms with Gasteiger partial charge < -0.3 is 5.32 Å². The normalized spacial score (nSPS) is 16.2. The third-order valence-electron chi connectivity index (χ3n) is 5.22. The fourth-order valence-electron chi connectivity index (χ4n) is 3.55. The SMILES string of the molecule is CC(C)c1ccc([C@H]2C=C(Nc3ccc(F)cc3)C(=O)N2c2ccc(F)cc2)cc1. The predicted molar refractivity (Wildman–Crippen MR) is 115 cm³/mol.